The molecule has 1 unspecified atom stereocenters. The second-order valence-corrected chi connectivity index (χ2v) is 5.94. The van der Waals surface area contributed by atoms with E-state index in [4.69, 9.17) is 0 Å². The Bertz CT molecular complexity index is 313. The molecule has 1 N–H and O–H groups in total. The first kappa shape index (κ1) is 11.6. The molecule has 4 heteroatoms. The van der Waals surface area contributed by atoms with Crippen molar-refractivity contribution in [3.63, 3.8) is 0 Å². The van der Waals surface area contributed by atoms with Crippen LogP contribution in [0.25, 0.3) is 0 Å². The summed E-state index contributed by atoms with van der Waals surface area (Å²) in [6.07, 6.45) is 1.23. The van der Waals surface area contributed by atoms with Crippen LogP contribution in [-0.2, 0) is 6.54 Å². The fourth-order valence-corrected chi connectivity index (χ4v) is 3.46. The van der Waals surface area contributed by atoms with E-state index in [1.54, 1.807) is 0 Å². The fraction of sp³-hybridized carbons (Fsp3) is 0.636. The number of thiophene rings is 1. The van der Waals surface area contributed by atoms with Gasteiger partial charge in [0.15, 0.2) is 0 Å². The molecule has 2 heterocycles. The van der Waals surface area contributed by atoms with Crippen LogP contribution in [0.3, 0.4) is 0 Å². The molecule has 0 spiro atoms. The van der Waals surface area contributed by atoms with Gasteiger partial charge < -0.3 is 5.32 Å². The van der Waals surface area contributed by atoms with Gasteiger partial charge in [0.05, 0.1) is 0 Å². The smallest absolute Gasteiger partial charge is 0.0329 e. The maximum atomic E-state index is 3.54. The lowest BCUT2D eigenvalue weighted by molar-refractivity contribution is 0.191. The largest absolute Gasteiger partial charge is 0.311 e. The molecular weight excluding hydrogens is 272 g/mol. The predicted octanol–water partition coefficient (Wildman–Crippen LogP) is 2.69. The van der Waals surface area contributed by atoms with E-state index >= 15 is 0 Å². The molecular formula is C11H17BrN2S. The van der Waals surface area contributed by atoms with Gasteiger partial charge in [0.1, 0.15) is 0 Å². The molecule has 0 bridgehead atoms. The van der Waals surface area contributed by atoms with Crippen molar-refractivity contribution in [2.24, 2.45) is 0 Å². The summed E-state index contributed by atoms with van der Waals surface area (Å²) < 4.78 is 1.21. The van der Waals surface area contributed by atoms with Crippen molar-refractivity contribution >= 4 is 27.3 Å². The molecule has 1 aromatic heterocycles. The molecule has 0 aliphatic carbocycles. The van der Waals surface area contributed by atoms with E-state index in [1.807, 2.05) is 11.3 Å². The van der Waals surface area contributed by atoms with E-state index in [0.717, 1.165) is 13.1 Å². The molecule has 1 aromatic rings. The normalized spacial score (nSPS) is 23.2. The first-order valence-corrected chi connectivity index (χ1v) is 7.14. The Morgan fingerprint density at radius 2 is 2.53 bits per heavy atom. The van der Waals surface area contributed by atoms with Crippen molar-refractivity contribution in [2.75, 3.05) is 19.6 Å². The van der Waals surface area contributed by atoms with Gasteiger partial charge >= 0.3 is 0 Å². The minimum Gasteiger partial charge on any atom is -0.311 e. The zero-order valence-corrected chi connectivity index (χ0v) is 11.4. The van der Waals surface area contributed by atoms with Gasteiger partial charge in [0.25, 0.3) is 0 Å². The van der Waals surface area contributed by atoms with Gasteiger partial charge in [-0.3, -0.25) is 4.90 Å². The van der Waals surface area contributed by atoms with E-state index in [2.05, 4.69) is 44.5 Å². The number of nitrogens with one attached hydrogen (secondary N) is 1. The van der Waals surface area contributed by atoms with Gasteiger partial charge in [-0.15, -0.1) is 11.3 Å². The summed E-state index contributed by atoms with van der Waals surface area (Å²) in [6.45, 7) is 6.85. The number of rotatable bonds is 3. The molecule has 1 aliphatic heterocycles. The Kier molecular flexibility index (Phi) is 4.20. The van der Waals surface area contributed by atoms with Crippen LogP contribution in [0.1, 0.15) is 18.2 Å². The lowest BCUT2D eigenvalue weighted by atomic mass is 10.1. The van der Waals surface area contributed by atoms with Crippen LogP contribution in [0, 0.1) is 0 Å². The van der Waals surface area contributed by atoms with Crippen LogP contribution < -0.4 is 5.32 Å². The topological polar surface area (TPSA) is 15.3 Å². The Morgan fingerprint density at radius 3 is 3.20 bits per heavy atom. The molecule has 15 heavy (non-hydrogen) atoms. The molecule has 1 saturated heterocycles. The molecule has 1 atom stereocenters. The second kappa shape index (κ2) is 5.43. The minimum absolute atomic E-state index is 0.683. The molecule has 0 amide bonds. The predicted molar refractivity (Wildman–Crippen MR) is 69.4 cm³/mol. The Balaban J connectivity index is 1.88. The van der Waals surface area contributed by atoms with Crippen molar-refractivity contribution in [1.29, 1.82) is 0 Å². The van der Waals surface area contributed by atoms with Crippen LogP contribution in [0.5, 0.6) is 0 Å². The standard InChI is InChI=1S/C11H17BrN2S/c1-2-10-6-14(4-3-13-10)7-11-5-9(12)8-15-11/h5,8,10,13H,2-4,6-7H2,1H3. The van der Waals surface area contributed by atoms with Gasteiger partial charge in [-0.25, -0.2) is 0 Å². The van der Waals surface area contributed by atoms with E-state index in [-0.39, 0.29) is 0 Å². The summed E-state index contributed by atoms with van der Waals surface area (Å²) in [5, 5.41) is 5.70. The first-order valence-electron chi connectivity index (χ1n) is 5.46. The van der Waals surface area contributed by atoms with E-state index in [0.29, 0.717) is 6.04 Å². The number of halogens is 1. The lowest BCUT2D eigenvalue weighted by Crippen LogP contribution is -2.49. The fourth-order valence-electron chi connectivity index (χ4n) is 1.97. The highest BCUT2D eigenvalue weighted by Gasteiger charge is 2.17. The highest BCUT2D eigenvalue weighted by Crippen LogP contribution is 2.21. The zero-order valence-electron chi connectivity index (χ0n) is 9.00. The maximum absolute atomic E-state index is 3.54. The number of piperazine rings is 1. The number of hydrogen-bond donors (Lipinski definition) is 1. The van der Waals surface area contributed by atoms with Crippen LogP contribution in [0.15, 0.2) is 15.9 Å². The minimum atomic E-state index is 0.683. The number of nitrogens with zero attached hydrogens (tertiary/aromatic N) is 1. The van der Waals surface area contributed by atoms with E-state index in [1.165, 1.54) is 28.9 Å². The average molecular weight is 289 g/mol. The van der Waals surface area contributed by atoms with Crippen molar-refractivity contribution in [2.45, 2.75) is 25.9 Å². The van der Waals surface area contributed by atoms with Crippen LogP contribution in [0.2, 0.25) is 0 Å². The van der Waals surface area contributed by atoms with Crippen molar-refractivity contribution in [3.05, 3.63) is 20.8 Å². The summed E-state index contributed by atoms with van der Waals surface area (Å²) in [6, 6.07) is 2.91. The van der Waals surface area contributed by atoms with Crippen molar-refractivity contribution < 1.29 is 0 Å². The molecule has 0 saturated carbocycles. The quantitative estimate of drug-likeness (QED) is 0.920. The first-order chi connectivity index (χ1) is 7.28. The molecule has 1 fully saturated rings. The Hall–Kier alpha value is 0.1000. The molecule has 0 aromatic carbocycles. The molecule has 2 nitrogen and oxygen atoms in total. The number of hydrogen-bond acceptors (Lipinski definition) is 3. The van der Waals surface area contributed by atoms with Crippen LogP contribution in [-0.4, -0.2) is 30.6 Å². The lowest BCUT2D eigenvalue weighted by Gasteiger charge is -2.32. The maximum Gasteiger partial charge on any atom is 0.0329 e. The van der Waals surface area contributed by atoms with Gasteiger partial charge in [-0.05, 0) is 28.4 Å². The average Bonchev–Trinajstić information content (AvgIpc) is 2.64. The van der Waals surface area contributed by atoms with Crippen molar-refractivity contribution in [3.8, 4) is 0 Å². The van der Waals surface area contributed by atoms with E-state index < -0.39 is 0 Å². The monoisotopic (exact) mass is 288 g/mol. The molecule has 2 rings (SSSR count). The molecule has 0 radical (unpaired) electrons. The van der Waals surface area contributed by atoms with Gasteiger partial charge in [0, 0.05) is 47.0 Å². The summed E-state index contributed by atoms with van der Waals surface area (Å²) >= 11 is 5.35. The third-order valence-corrected chi connectivity index (χ3v) is 4.52. The summed E-state index contributed by atoms with van der Waals surface area (Å²) in [4.78, 5) is 4.00. The van der Waals surface area contributed by atoms with Crippen molar-refractivity contribution in [1.82, 2.24) is 10.2 Å². The van der Waals surface area contributed by atoms with Gasteiger partial charge in [-0.2, -0.15) is 0 Å². The SMILES string of the molecule is CCC1CN(Cc2cc(Br)cs2)CCN1. The van der Waals surface area contributed by atoms with Gasteiger partial charge in [0.2, 0.25) is 0 Å². The van der Waals surface area contributed by atoms with Crippen LogP contribution in [0.4, 0.5) is 0 Å². The van der Waals surface area contributed by atoms with E-state index in [9.17, 15) is 0 Å². The van der Waals surface area contributed by atoms with Gasteiger partial charge in [-0.1, -0.05) is 6.92 Å². The summed E-state index contributed by atoms with van der Waals surface area (Å²) in [5.41, 5.74) is 0. The summed E-state index contributed by atoms with van der Waals surface area (Å²) in [5.74, 6) is 0. The third kappa shape index (κ3) is 3.28. The Labute approximate surface area is 104 Å². The van der Waals surface area contributed by atoms with Crippen LogP contribution >= 0.6 is 27.3 Å². The highest BCUT2D eigenvalue weighted by molar-refractivity contribution is 9.10. The highest BCUT2D eigenvalue weighted by atomic mass is 79.9. The molecule has 1 aliphatic rings. The second-order valence-electron chi connectivity index (χ2n) is 4.03. The molecule has 84 valence electrons. The summed E-state index contributed by atoms with van der Waals surface area (Å²) in [7, 11) is 0. The Morgan fingerprint density at radius 1 is 1.67 bits per heavy atom. The zero-order chi connectivity index (χ0) is 10.7. The third-order valence-electron chi connectivity index (χ3n) is 2.83.